The van der Waals surface area contributed by atoms with Crippen molar-refractivity contribution in [3.63, 3.8) is 0 Å². The molecule has 0 atom stereocenters. The van der Waals surface area contributed by atoms with E-state index >= 15 is 0 Å². The normalized spacial score (nSPS) is 11.1. The van der Waals surface area contributed by atoms with Crippen molar-refractivity contribution in [2.45, 2.75) is 13.5 Å². The fraction of sp³-hybridized carbons (Fsp3) is 0.0667. The molecule has 1 N–H and O–H groups in total. The van der Waals surface area contributed by atoms with E-state index in [0.29, 0.717) is 33.8 Å². The number of nitrogens with one attached hydrogen (secondary N) is 1. The zero-order valence-electron chi connectivity index (χ0n) is 20.8. The summed E-state index contributed by atoms with van der Waals surface area (Å²) in [5, 5.41) is 7.12. The molecule has 2 aromatic heterocycles. The van der Waals surface area contributed by atoms with Crippen LogP contribution in [0, 0.1) is 12.7 Å². The van der Waals surface area contributed by atoms with E-state index in [1.807, 2.05) is 55.5 Å². The Morgan fingerprint density at radius 1 is 0.897 bits per heavy atom. The zero-order valence-corrected chi connectivity index (χ0v) is 20.8. The third-order valence-corrected chi connectivity index (χ3v) is 6.22. The fourth-order valence-electron chi connectivity index (χ4n) is 4.37. The molecule has 0 radical (unpaired) electrons. The van der Waals surface area contributed by atoms with Gasteiger partial charge in [0.2, 0.25) is 11.5 Å². The van der Waals surface area contributed by atoms with E-state index in [4.69, 9.17) is 4.74 Å². The highest BCUT2D eigenvalue weighted by atomic mass is 19.1. The standard InChI is InChI=1S/C30H22FN5O3/c1-19-10-15-25-26(16-19)35(18-20-6-5-7-21(31)17-20)30(38)28-33-27(34-36(25)28)29(37)32-22-11-13-24(14-12-22)39-23-8-3-2-4-9-23/h2-17H,18H2,1H3,(H,32,37). The summed E-state index contributed by atoms with van der Waals surface area (Å²) in [4.78, 5) is 30.9. The highest BCUT2D eigenvalue weighted by molar-refractivity contribution is 6.02. The van der Waals surface area contributed by atoms with Gasteiger partial charge in [0, 0.05) is 5.69 Å². The summed E-state index contributed by atoms with van der Waals surface area (Å²) in [5.41, 5.74) is 2.84. The molecule has 0 fully saturated rings. The Labute approximate surface area is 221 Å². The number of halogens is 1. The van der Waals surface area contributed by atoms with E-state index < -0.39 is 11.5 Å². The molecule has 9 heteroatoms. The Morgan fingerprint density at radius 3 is 2.44 bits per heavy atom. The summed E-state index contributed by atoms with van der Waals surface area (Å²) in [6.45, 7) is 2.05. The van der Waals surface area contributed by atoms with Crippen molar-refractivity contribution in [2.24, 2.45) is 0 Å². The quantitative estimate of drug-likeness (QED) is 0.310. The van der Waals surface area contributed by atoms with Crippen molar-refractivity contribution < 1.29 is 13.9 Å². The van der Waals surface area contributed by atoms with E-state index in [0.717, 1.165) is 5.56 Å². The maximum Gasteiger partial charge on any atom is 0.296 e. The summed E-state index contributed by atoms with van der Waals surface area (Å²) < 4.78 is 22.5. The predicted molar refractivity (Wildman–Crippen MR) is 146 cm³/mol. The molecule has 0 saturated heterocycles. The molecule has 8 nitrogen and oxygen atoms in total. The number of ether oxygens (including phenoxy) is 1. The van der Waals surface area contributed by atoms with Crippen LogP contribution >= 0.6 is 0 Å². The first-order valence-corrected chi connectivity index (χ1v) is 12.2. The first-order valence-electron chi connectivity index (χ1n) is 12.2. The molecule has 0 aliphatic carbocycles. The Hall–Kier alpha value is -5.31. The van der Waals surface area contributed by atoms with Crippen LogP contribution in [0.25, 0.3) is 16.7 Å². The Kier molecular flexibility index (Phi) is 6.08. The van der Waals surface area contributed by atoms with Gasteiger partial charge >= 0.3 is 0 Å². The topological polar surface area (TPSA) is 90.5 Å². The highest BCUT2D eigenvalue weighted by Gasteiger charge is 2.20. The predicted octanol–water partition coefficient (Wildman–Crippen LogP) is 5.58. The number of para-hydroxylation sites is 1. The second-order valence-corrected chi connectivity index (χ2v) is 9.08. The van der Waals surface area contributed by atoms with Gasteiger partial charge in [-0.2, -0.15) is 4.98 Å². The maximum absolute atomic E-state index is 13.8. The Morgan fingerprint density at radius 2 is 1.67 bits per heavy atom. The number of hydrogen-bond donors (Lipinski definition) is 1. The lowest BCUT2D eigenvalue weighted by molar-refractivity contribution is 0.101. The molecule has 0 bridgehead atoms. The minimum Gasteiger partial charge on any atom is -0.457 e. The summed E-state index contributed by atoms with van der Waals surface area (Å²) in [6, 6.07) is 27.9. The van der Waals surface area contributed by atoms with Crippen LogP contribution in [0.5, 0.6) is 11.5 Å². The van der Waals surface area contributed by atoms with Crippen LogP contribution in [0.15, 0.2) is 102 Å². The molecule has 1 amide bonds. The van der Waals surface area contributed by atoms with Gasteiger partial charge in [-0.25, -0.2) is 8.91 Å². The third-order valence-electron chi connectivity index (χ3n) is 6.22. The van der Waals surface area contributed by atoms with Gasteiger partial charge in [0.25, 0.3) is 11.5 Å². The van der Waals surface area contributed by atoms with Crippen LogP contribution < -0.4 is 15.6 Å². The van der Waals surface area contributed by atoms with Gasteiger partial charge in [-0.3, -0.25) is 14.2 Å². The molecular weight excluding hydrogens is 497 g/mol. The molecule has 0 saturated carbocycles. The van der Waals surface area contributed by atoms with Crippen LogP contribution in [-0.2, 0) is 6.54 Å². The molecule has 6 rings (SSSR count). The molecule has 39 heavy (non-hydrogen) atoms. The van der Waals surface area contributed by atoms with E-state index in [1.54, 1.807) is 36.4 Å². The van der Waals surface area contributed by atoms with Gasteiger partial charge < -0.3 is 10.1 Å². The number of rotatable bonds is 6. The van der Waals surface area contributed by atoms with Gasteiger partial charge in [-0.05, 0) is 78.7 Å². The van der Waals surface area contributed by atoms with Gasteiger partial charge in [-0.15, -0.1) is 5.10 Å². The SMILES string of the molecule is Cc1ccc2c(c1)n(Cc1cccc(F)c1)c(=O)c1nc(C(=O)Nc3ccc(Oc4ccccc4)cc3)nn12. The molecule has 6 aromatic rings. The van der Waals surface area contributed by atoms with Crippen molar-refractivity contribution in [1.29, 1.82) is 0 Å². The third kappa shape index (κ3) is 4.85. The van der Waals surface area contributed by atoms with Crippen molar-refractivity contribution in [3.05, 3.63) is 130 Å². The van der Waals surface area contributed by atoms with Crippen molar-refractivity contribution in [2.75, 3.05) is 5.32 Å². The molecule has 4 aromatic carbocycles. The first-order chi connectivity index (χ1) is 18.9. The number of aromatic nitrogens is 4. The van der Waals surface area contributed by atoms with Crippen LogP contribution in [0.2, 0.25) is 0 Å². The van der Waals surface area contributed by atoms with Crippen molar-refractivity contribution >= 4 is 28.3 Å². The summed E-state index contributed by atoms with van der Waals surface area (Å²) in [6.07, 6.45) is 0. The first kappa shape index (κ1) is 24.1. The molecular formula is C30H22FN5O3. The number of benzene rings is 4. The minimum atomic E-state index is -0.563. The fourth-order valence-corrected chi connectivity index (χ4v) is 4.37. The largest absolute Gasteiger partial charge is 0.457 e. The average Bonchev–Trinajstić information content (AvgIpc) is 3.39. The average molecular weight is 520 g/mol. The van der Waals surface area contributed by atoms with Crippen LogP contribution in [0.1, 0.15) is 21.7 Å². The molecule has 192 valence electrons. The monoisotopic (exact) mass is 519 g/mol. The van der Waals surface area contributed by atoms with Gasteiger partial charge in [0.1, 0.15) is 17.3 Å². The molecule has 0 aliphatic rings. The van der Waals surface area contributed by atoms with Crippen LogP contribution in [0.3, 0.4) is 0 Å². The number of hydrogen-bond acceptors (Lipinski definition) is 5. The Bertz CT molecular complexity index is 1900. The van der Waals surface area contributed by atoms with Crippen molar-refractivity contribution in [1.82, 2.24) is 19.2 Å². The number of carbonyl (C=O) groups excluding carboxylic acids is 1. The zero-order chi connectivity index (χ0) is 26.9. The summed E-state index contributed by atoms with van der Waals surface area (Å²) in [7, 11) is 0. The summed E-state index contributed by atoms with van der Waals surface area (Å²) >= 11 is 0. The number of nitrogens with zero attached hydrogens (tertiary/aromatic N) is 4. The molecule has 0 aliphatic heterocycles. The maximum atomic E-state index is 13.8. The Balaban J connectivity index is 1.32. The van der Waals surface area contributed by atoms with E-state index in [9.17, 15) is 14.0 Å². The number of fused-ring (bicyclic) bond motifs is 3. The van der Waals surface area contributed by atoms with E-state index in [-0.39, 0.29) is 23.8 Å². The van der Waals surface area contributed by atoms with E-state index in [1.165, 1.54) is 21.2 Å². The number of amides is 1. The lowest BCUT2D eigenvalue weighted by atomic mass is 10.2. The lowest BCUT2D eigenvalue weighted by Crippen LogP contribution is -2.24. The summed E-state index contributed by atoms with van der Waals surface area (Å²) in [5.74, 6) is 0.219. The van der Waals surface area contributed by atoms with Gasteiger partial charge in [-0.1, -0.05) is 36.4 Å². The smallest absolute Gasteiger partial charge is 0.296 e. The molecule has 0 unspecified atom stereocenters. The number of carbonyl (C=O) groups is 1. The second-order valence-electron chi connectivity index (χ2n) is 9.08. The number of aryl methyl sites for hydroxylation is 1. The molecule has 2 heterocycles. The minimum absolute atomic E-state index is 0.000449. The number of anilines is 1. The van der Waals surface area contributed by atoms with Gasteiger partial charge in [0.15, 0.2) is 0 Å². The van der Waals surface area contributed by atoms with Gasteiger partial charge in [0.05, 0.1) is 17.6 Å². The van der Waals surface area contributed by atoms with Crippen LogP contribution in [-0.4, -0.2) is 25.1 Å². The molecule has 0 spiro atoms. The highest BCUT2D eigenvalue weighted by Crippen LogP contribution is 2.23. The van der Waals surface area contributed by atoms with E-state index in [2.05, 4.69) is 15.4 Å². The van der Waals surface area contributed by atoms with Crippen molar-refractivity contribution in [3.8, 4) is 11.5 Å². The lowest BCUT2D eigenvalue weighted by Gasteiger charge is -2.12. The van der Waals surface area contributed by atoms with Crippen LogP contribution in [0.4, 0.5) is 10.1 Å². The second kappa shape index (κ2) is 9.86.